The highest BCUT2D eigenvalue weighted by molar-refractivity contribution is 4.95. The van der Waals surface area contributed by atoms with Gasteiger partial charge in [-0.15, -0.1) is 0 Å². The van der Waals surface area contributed by atoms with Crippen molar-refractivity contribution in [1.82, 2.24) is 19.4 Å². The SMILES string of the molecule is CCn1ccnc1CN1CCN(CC2(O)CCCCC2)CC1C. The molecule has 1 atom stereocenters. The maximum absolute atomic E-state index is 10.8. The zero-order valence-corrected chi connectivity index (χ0v) is 14.7. The molecule has 1 saturated carbocycles. The highest BCUT2D eigenvalue weighted by Crippen LogP contribution is 2.29. The summed E-state index contributed by atoms with van der Waals surface area (Å²) >= 11 is 0. The summed E-state index contributed by atoms with van der Waals surface area (Å²) in [5.74, 6) is 1.17. The summed E-state index contributed by atoms with van der Waals surface area (Å²) in [5.41, 5.74) is -0.432. The van der Waals surface area contributed by atoms with Gasteiger partial charge in [-0.1, -0.05) is 19.3 Å². The fourth-order valence-electron chi connectivity index (χ4n) is 4.19. The normalized spacial score (nSPS) is 26.5. The van der Waals surface area contributed by atoms with Crippen molar-refractivity contribution in [1.29, 1.82) is 0 Å². The average molecular weight is 320 g/mol. The molecule has 1 unspecified atom stereocenters. The van der Waals surface area contributed by atoms with Crippen LogP contribution < -0.4 is 0 Å². The largest absolute Gasteiger partial charge is 0.389 e. The Bertz CT molecular complexity index is 495. The van der Waals surface area contributed by atoms with E-state index in [4.69, 9.17) is 0 Å². The van der Waals surface area contributed by atoms with Gasteiger partial charge in [0.25, 0.3) is 0 Å². The van der Waals surface area contributed by atoms with Gasteiger partial charge in [0.05, 0.1) is 12.1 Å². The van der Waals surface area contributed by atoms with Crippen LogP contribution in [0.15, 0.2) is 12.4 Å². The molecule has 0 aromatic carbocycles. The van der Waals surface area contributed by atoms with Crippen molar-refractivity contribution < 1.29 is 5.11 Å². The van der Waals surface area contributed by atoms with Crippen LogP contribution in [0.5, 0.6) is 0 Å². The lowest BCUT2D eigenvalue weighted by Crippen LogP contribution is -2.55. The molecular formula is C18H32N4O. The van der Waals surface area contributed by atoms with Gasteiger partial charge >= 0.3 is 0 Å². The smallest absolute Gasteiger partial charge is 0.122 e. The van der Waals surface area contributed by atoms with E-state index >= 15 is 0 Å². The van der Waals surface area contributed by atoms with E-state index < -0.39 is 5.60 Å². The molecule has 1 aliphatic heterocycles. The molecule has 0 spiro atoms. The number of hydrogen-bond donors (Lipinski definition) is 1. The zero-order chi connectivity index (χ0) is 16.3. The van der Waals surface area contributed by atoms with Gasteiger partial charge in [0, 0.05) is 51.2 Å². The third-order valence-electron chi connectivity index (χ3n) is 5.64. The molecular weight excluding hydrogens is 288 g/mol. The van der Waals surface area contributed by atoms with Crippen molar-refractivity contribution in [3.05, 3.63) is 18.2 Å². The Labute approximate surface area is 140 Å². The molecule has 5 nitrogen and oxygen atoms in total. The van der Waals surface area contributed by atoms with Crippen LogP contribution in [0, 0.1) is 0 Å². The third-order valence-corrected chi connectivity index (χ3v) is 5.64. The second-order valence-corrected chi connectivity index (χ2v) is 7.47. The summed E-state index contributed by atoms with van der Waals surface area (Å²) in [6.07, 6.45) is 9.59. The minimum atomic E-state index is -0.432. The highest BCUT2D eigenvalue weighted by atomic mass is 16.3. The fraction of sp³-hybridized carbons (Fsp3) is 0.833. The van der Waals surface area contributed by atoms with Gasteiger partial charge in [0.15, 0.2) is 0 Å². The van der Waals surface area contributed by atoms with E-state index in [9.17, 15) is 5.11 Å². The maximum atomic E-state index is 10.8. The lowest BCUT2D eigenvalue weighted by molar-refractivity contribution is -0.0435. The molecule has 0 bridgehead atoms. The first-order valence-corrected chi connectivity index (χ1v) is 9.28. The average Bonchev–Trinajstić information content (AvgIpc) is 2.97. The monoisotopic (exact) mass is 320 g/mol. The van der Waals surface area contributed by atoms with Gasteiger partial charge in [-0.2, -0.15) is 0 Å². The molecule has 2 heterocycles. The van der Waals surface area contributed by atoms with E-state index in [1.54, 1.807) is 0 Å². The van der Waals surface area contributed by atoms with Gasteiger partial charge in [-0.05, 0) is 26.7 Å². The Kier molecular flexibility index (Phi) is 5.39. The Morgan fingerprint density at radius 2 is 2.04 bits per heavy atom. The molecule has 23 heavy (non-hydrogen) atoms. The highest BCUT2D eigenvalue weighted by Gasteiger charge is 2.34. The minimum absolute atomic E-state index is 0.432. The van der Waals surface area contributed by atoms with Crippen LogP contribution in [-0.2, 0) is 13.1 Å². The van der Waals surface area contributed by atoms with Crippen molar-refractivity contribution in [2.75, 3.05) is 26.2 Å². The molecule has 1 N–H and O–H groups in total. The lowest BCUT2D eigenvalue weighted by atomic mass is 9.84. The van der Waals surface area contributed by atoms with Crippen LogP contribution in [0.2, 0.25) is 0 Å². The molecule has 2 aliphatic rings. The van der Waals surface area contributed by atoms with E-state index in [1.807, 2.05) is 6.20 Å². The van der Waals surface area contributed by atoms with Gasteiger partial charge in [-0.3, -0.25) is 9.80 Å². The molecule has 1 aromatic heterocycles. The molecule has 2 fully saturated rings. The van der Waals surface area contributed by atoms with Crippen LogP contribution in [0.3, 0.4) is 0 Å². The van der Waals surface area contributed by atoms with Crippen LogP contribution in [0.4, 0.5) is 0 Å². The van der Waals surface area contributed by atoms with E-state index in [2.05, 4.69) is 39.4 Å². The second-order valence-electron chi connectivity index (χ2n) is 7.47. The van der Waals surface area contributed by atoms with Gasteiger partial charge in [-0.25, -0.2) is 4.98 Å². The number of β-amino-alcohol motifs (C(OH)–C–C–N with tert-alkyl or cyclic N) is 1. The molecule has 0 amide bonds. The van der Waals surface area contributed by atoms with E-state index in [0.717, 1.165) is 52.1 Å². The summed E-state index contributed by atoms with van der Waals surface area (Å²) in [6, 6.07) is 0.512. The molecule has 3 rings (SSSR count). The van der Waals surface area contributed by atoms with Gasteiger partial charge in [0.2, 0.25) is 0 Å². The second kappa shape index (κ2) is 7.32. The van der Waals surface area contributed by atoms with Gasteiger partial charge < -0.3 is 9.67 Å². The summed E-state index contributed by atoms with van der Waals surface area (Å²) in [4.78, 5) is 9.50. The first kappa shape index (κ1) is 16.9. The summed E-state index contributed by atoms with van der Waals surface area (Å²) in [5, 5.41) is 10.8. The molecule has 1 aromatic rings. The summed E-state index contributed by atoms with van der Waals surface area (Å²) < 4.78 is 2.23. The first-order valence-electron chi connectivity index (χ1n) is 9.28. The van der Waals surface area contributed by atoms with Crippen molar-refractivity contribution in [3.8, 4) is 0 Å². The van der Waals surface area contributed by atoms with Crippen LogP contribution in [0.1, 0.15) is 51.8 Å². The third kappa shape index (κ3) is 4.14. The standard InChI is InChI=1S/C18H32N4O/c1-3-21-10-9-19-17(21)14-22-12-11-20(13-16(22)2)15-18(23)7-5-4-6-8-18/h9-10,16,23H,3-8,11-15H2,1-2H3. The molecule has 1 saturated heterocycles. The number of piperazine rings is 1. The van der Waals surface area contributed by atoms with Crippen molar-refractivity contribution >= 4 is 0 Å². The van der Waals surface area contributed by atoms with E-state index in [-0.39, 0.29) is 0 Å². The molecule has 5 heteroatoms. The van der Waals surface area contributed by atoms with Crippen molar-refractivity contribution in [2.24, 2.45) is 0 Å². The van der Waals surface area contributed by atoms with Crippen molar-refractivity contribution in [2.45, 2.75) is 70.7 Å². The Morgan fingerprint density at radius 1 is 1.26 bits per heavy atom. The Balaban J connectivity index is 1.53. The molecule has 1 aliphatic carbocycles. The number of imidazole rings is 1. The molecule has 0 radical (unpaired) electrons. The predicted molar refractivity (Wildman–Crippen MR) is 92.2 cm³/mol. The zero-order valence-electron chi connectivity index (χ0n) is 14.7. The Hall–Kier alpha value is -0.910. The van der Waals surface area contributed by atoms with E-state index in [1.165, 1.54) is 25.1 Å². The van der Waals surface area contributed by atoms with Crippen LogP contribution in [0.25, 0.3) is 0 Å². The van der Waals surface area contributed by atoms with Crippen LogP contribution in [-0.4, -0.2) is 62.3 Å². The summed E-state index contributed by atoms with van der Waals surface area (Å²) in [7, 11) is 0. The quantitative estimate of drug-likeness (QED) is 0.902. The molecule has 130 valence electrons. The fourth-order valence-corrected chi connectivity index (χ4v) is 4.19. The maximum Gasteiger partial charge on any atom is 0.122 e. The Morgan fingerprint density at radius 3 is 2.74 bits per heavy atom. The first-order chi connectivity index (χ1) is 11.1. The predicted octanol–water partition coefficient (Wildman–Crippen LogP) is 2.10. The number of hydrogen-bond acceptors (Lipinski definition) is 4. The topological polar surface area (TPSA) is 44.5 Å². The summed E-state index contributed by atoms with van der Waals surface area (Å²) in [6.45, 7) is 10.4. The number of aryl methyl sites for hydroxylation is 1. The minimum Gasteiger partial charge on any atom is -0.389 e. The lowest BCUT2D eigenvalue weighted by Gasteiger charge is -2.43. The van der Waals surface area contributed by atoms with Crippen LogP contribution >= 0.6 is 0 Å². The van der Waals surface area contributed by atoms with Gasteiger partial charge in [0.1, 0.15) is 5.82 Å². The number of rotatable bonds is 5. The van der Waals surface area contributed by atoms with E-state index in [0.29, 0.717) is 6.04 Å². The number of aromatic nitrogens is 2. The van der Waals surface area contributed by atoms with Crippen molar-refractivity contribution in [3.63, 3.8) is 0 Å². The number of nitrogens with zero attached hydrogens (tertiary/aromatic N) is 4. The number of aliphatic hydroxyl groups is 1.